The van der Waals surface area contributed by atoms with Crippen LogP contribution in [0.2, 0.25) is 0 Å². The Morgan fingerprint density at radius 2 is 1.86 bits per heavy atom. The Bertz CT molecular complexity index is 883. The van der Waals surface area contributed by atoms with Crippen LogP contribution >= 0.6 is 0 Å². The monoisotopic (exact) mass is 404 g/mol. The Hall–Kier alpha value is -2.22. The Labute approximate surface area is 167 Å². The molecule has 2 aromatic rings. The number of ether oxygens (including phenoxy) is 1. The number of nitrogens with one attached hydrogen (secondary N) is 1. The van der Waals surface area contributed by atoms with Gasteiger partial charge in [-0.1, -0.05) is 36.4 Å². The van der Waals surface area contributed by atoms with E-state index in [9.17, 15) is 13.2 Å². The third kappa shape index (κ3) is 6.15. The molecule has 6 nitrogen and oxygen atoms in total. The van der Waals surface area contributed by atoms with Gasteiger partial charge in [0.15, 0.2) is 0 Å². The summed E-state index contributed by atoms with van der Waals surface area (Å²) in [7, 11) is -0.439. The third-order valence-corrected chi connectivity index (χ3v) is 5.96. The largest absolute Gasteiger partial charge is 0.383 e. The van der Waals surface area contributed by atoms with Gasteiger partial charge in [0, 0.05) is 32.8 Å². The second kappa shape index (κ2) is 10.4. The van der Waals surface area contributed by atoms with E-state index < -0.39 is 10.0 Å². The van der Waals surface area contributed by atoms with Crippen LogP contribution in [0, 0.1) is 6.92 Å². The van der Waals surface area contributed by atoms with Crippen LogP contribution in [0.1, 0.15) is 27.9 Å². The fourth-order valence-electron chi connectivity index (χ4n) is 2.83. The number of carbonyl (C=O) groups excluding carboxylic acids is 1. The molecule has 152 valence electrons. The first kappa shape index (κ1) is 22.1. The number of hydrogen-bond acceptors (Lipinski definition) is 4. The summed E-state index contributed by atoms with van der Waals surface area (Å²) in [6.07, 6.45) is 1.72. The van der Waals surface area contributed by atoms with Gasteiger partial charge < -0.3 is 9.64 Å². The summed E-state index contributed by atoms with van der Waals surface area (Å²) in [6.45, 7) is 2.85. The van der Waals surface area contributed by atoms with Gasteiger partial charge in [0.1, 0.15) is 0 Å². The number of amides is 1. The molecule has 28 heavy (non-hydrogen) atoms. The van der Waals surface area contributed by atoms with E-state index in [0.29, 0.717) is 12.1 Å². The highest BCUT2D eigenvalue weighted by molar-refractivity contribution is 7.89. The number of sulfonamides is 1. The summed E-state index contributed by atoms with van der Waals surface area (Å²) < 4.78 is 32.1. The molecule has 2 rings (SSSR count). The molecule has 1 N–H and O–H groups in total. The minimum absolute atomic E-state index is 0.0789. The van der Waals surface area contributed by atoms with E-state index in [4.69, 9.17) is 4.74 Å². The van der Waals surface area contributed by atoms with Gasteiger partial charge in [-0.05, 0) is 43.0 Å². The van der Waals surface area contributed by atoms with Gasteiger partial charge in [-0.25, -0.2) is 13.1 Å². The Balaban J connectivity index is 2.05. The lowest BCUT2D eigenvalue weighted by Gasteiger charge is -2.19. The van der Waals surface area contributed by atoms with Crippen molar-refractivity contribution in [3.63, 3.8) is 0 Å². The molecule has 2 aromatic carbocycles. The van der Waals surface area contributed by atoms with Gasteiger partial charge in [-0.3, -0.25) is 4.79 Å². The zero-order valence-corrected chi connectivity index (χ0v) is 17.5. The third-order valence-electron chi connectivity index (χ3n) is 4.50. The number of hydrogen-bond donors (Lipinski definition) is 1. The molecule has 1 amide bonds. The lowest BCUT2D eigenvalue weighted by atomic mass is 10.1. The van der Waals surface area contributed by atoms with E-state index in [0.717, 1.165) is 18.4 Å². The Kier molecular flexibility index (Phi) is 8.17. The van der Waals surface area contributed by atoms with Crippen molar-refractivity contribution < 1.29 is 17.9 Å². The number of methoxy groups -OCH3 is 1. The first-order chi connectivity index (χ1) is 13.3. The molecule has 0 bridgehead atoms. The van der Waals surface area contributed by atoms with Crippen molar-refractivity contribution in [2.45, 2.75) is 24.7 Å². The summed E-state index contributed by atoms with van der Waals surface area (Å²) in [5.41, 5.74) is 2.38. The van der Waals surface area contributed by atoms with Crippen LogP contribution in [0.25, 0.3) is 0 Å². The van der Waals surface area contributed by atoms with Crippen molar-refractivity contribution >= 4 is 15.9 Å². The van der Waals surface area contributed by atoms with Gasteiger partial charge in [0.05, 0.1) is 11.5 Å². The minimum Gasteiger partial charge on any atom is -0.383 e. The van der Waals surface area contributed by atoms with E-state index in [1.165, 1.54) is 24.8 Å². The topological polar surface area (TPSA) is 75.7 Å². The number of benzene rings is 2. The molecule has 0 aliphatic rings. The quantitative estimate of drug-likeness (QED) is 0.618. The van der Waals surface area contributed by atoms with E-state index in [-0.39, 0.29) is 24.0 Å². The lowest BCUT2D eigenvalue weighted by molar-refractivity contribution is 0.0792. The van der Waals surface area contributed by atoms with E-state index in [1.807, 2.05) is 18.2 Å². The Morgan fingerprint density at radius 1 is 1.14 bits per heavy atom. The highest BCUT2D eigenvalue weighted by Crippen LogP contribution is 2.17. The molecule has 0 aliphatic heterocycles. The van der Waals surface area contributed by atoms with E-state index >= 15 is 0 Å². The lowest BCUT2D eigenvalue weighted by Crippen LogP contribution is -2.30. The van der Waals surface area contributed by atoms with Gasteiger partial charge >= 0.3 is 0 Å². The van der Waals surface area contributed by atoms with Crippen molar-refractivity contribution in [3.8, 4) is 0 Å². The maximum absolute atomic E-state index is 12.8. The molecule has 0 aliphatic carbocycles. The first-order valence-electron chi connectivity index (χ1n) is 9.24. The molecule has 0 heterocycles. The molecule has 0 radical (unpaired) electrons. The van der Waals surface area contributed by atoms with E-state index in [2.05, 4.69) is 16.9 Å². The molecular weight excluding hydrogens is 376 g/mol. The van der Waals surface area contributed by atoms with E-state index in [1.54, 1.807) is 24.9 Å². The van der Waals surface area contributed by atoms with Crippen LogP contribution in [0.4, 0.5) is 0 Å². The van der Waals surface area contributed by atoms with Gasteiger partial charge in [0.2, 0.25) is 10.0 Å². The summed E-state index contributed by atoms with van der Waals surface area (Å²) in [5.74, 6) is -0.181. The first-order valence-corrected chi connectivity index (χ1v) is 10.7. The van der Waals surface area contributed by atoms with Crippen molar-refractivity contribution in [1.29, 1.82) is 0 Å². The Morgan fingerprint density at radius 3 is 2.54 bits per heavy atom. The second-order valence-electron chi connectivity index (χ2n) is 6.68. The summed E-state index contributed by atoms with van der Waals surface area (Å²) >= 11 is 0. The summed E-state index contributed by atoms with van der Waals surface area (Å²) in [5, 5.41) is 0. The highest BCUT2D eigenvalue weighted by atomic mass is 32.2. The van der Waals surface area contributed by atoms with Crippen LogP contribution in [0.15, 0.2) is 53.4 Å². The zero-order valence-electron chi connectivity index (χ0n) is 16.6. The summed E-state index contributed by atoms with van der Waals surface area (Å²) in [4.78, 5) is 14.6. The van der Waals surface area contributed by atoms with Crippen LogP contribution < -0.4 is 4.72 Å². The SMILES string of the molecule is COCCNS(=O)(=O)c1ccc(C)c(C(=O)N(C)CCCc2ccccc2)c1. The fraction of sp³-hybridized carbons (Fsp3) is 0.381. The normalized spacial score (nSPS) is 11.4. The standard InChI is InChI=1S/C21H28N2O4S/c1-17-11-12-19(28(25,26)22-13-15-27-3)16-20(17)21(24)23(2)14-7-10-18-8-5-4-6-9-18/h4-6,8-9,11-12,16,22H,7,10,13-15H2,1-3H3. The molecular formula is C21H28N2O4S. The van der Waals surface area contributed by atoms with Crippen LogP contribution in [-0.2, 0) is 21.2 Å². The molecule has 0 unspecified atom stereocenters. The van der Waals surface area contributed by atoms with Crippen LogP contribution in [-0.4, -0.2) is 53.1 Å². The molecule has 0 saturated heterocycles. The van der Waals surface area contributed by atoms with Gasteiger partial charge in [-0.2, -0.15) is 0 Å². The maximum Gasteiger partial charge on any atom is 0.253 e. The number of rotatable bonds is 10. The molecule has 0 saturated carbocycles. The van der Waals surface area contributed by atoms with Crippen molar-refractivity contribution in [2.24, 2.45) is 0 Å². The van der Waals surface area contributed by atoms with Crippen molar-refractivity contribution in [3.05, 3.63) is 65.2 Å². The molecule has 0 aromatic heterocycles. The molecule has 0 atom stereocenters. The predicted molar refractivity (Wildman–Crippen MR) is 110 cm³/mol. The fourth-order valence-corrected chi connectivity index (χ4v) is 3.87. The van der Waals surface area contributed by atoms with Crippen molar-refractivity contribution in [1.82, 2.24) is 9.62 Å². The average molecular weight is 405 g/mol. The zero-order chi connectivity index (χ0) is 20.6. The second-order valence-corrected chi connectivity index (χ2v) is 8.45. The number of nitrogens with zero attached hydrogens (tertiary/aromatic N) is 1. The van der Waals surface area contributed by atoms with Gasteiger partial charge in [-0.15, -0.1) is 0 Å². The van der Waals surface area contributed by atoms with Gasteiger partial charge in [0.25, 0.3) is 5.91 Å². The van der Waals surface area contributed by atoms with Crippen LogP contribution in [0.3, 0.4) is 0 Å². The average Bonchev–Trinajstić information content (AvgIpc) is 2.68. The highest BCUT2D eigenvalue weighted by Gasteiger charge is 2.19. The maximum atomic E-state index is 12.8. The molecule has 0 spiro atoms. The number of carbonyl (C=O) groups is 1. The van der Waals surface area contributed by atoms with Crippen LogP contribution in [0.5, 0.6) is 0 Å². The summed E-state index contributed by atoms with van der Waals surface area (Å²) in [6, 6.07) is 14.7. The minimum atomic E-state index is -3.68. The predicted octanol–water partition coefficient (Wildman–Crippen LogP) is 2.62. The smallest absolute Gasteiger partial charge is 0.253 e. The molecule has 0 fully saturated rings. The molecule has 7 heteroatoms. The number of aryl methyl sites for hydroxylation is 2. The van der Waals surface area contributed by atoms with Crippen molar-refractivity contribution in [2.75, 3.05) is 33.9 Å².